The summed E-state index contributed by atoms with van der Waals surface area (Å²) in [5, 5.41) is 41.7. The largest absolute Gasteiger partial charge is 0.481 e. The molecule has 0 radical (unpaired) electrons. The zero-order valence-corrected chi connectivity index (χ0v) is 11.7. The predicted molar refractivity (Wildman–Crippen MR) is 74.1 cm³/mol. The molecule has 0 saturated heterocycles. The second-order valence-electron chi connectivity index (χ2n) is 4.67. The number of benzene rings is 1. The van der Waals surface area contributed by atoms with Crippen LogP contribution in [0.4, 0.5) is 5.69 Å². The first kappa shape index (κ1) is 17.5. The number of carboxylic acids is 1. The molecule has 2 unspecified atom stereocenters. The van der Waals surface area contributed by atoms with Gasteiger partial charge in [-0.15, -0.1) is 0 Å². The van der Waals surface area contributed by atoms with E-state index in [4.69, 9.17) is 5.11 Å². The lowest BCUT2D eigenvalue weighted by Crippen LogP contribution is -2.34. The van der Waals surface area contributed by atoms with Gasteiger partial charge in [-0.05, 0) is 5.56 Å². The summed E-state index contributed by atoms with van der Waals surface area (Å²) in [5.41, 5.74) is -0.408. The number of hydrogen-bond donors (Lipinski definition) is 4. The molecule has 0 aliphatic heterocycles. The van der Waals surface area contributed by atoms with Gasteiger partial charge in [0.1, 0.15) is 12.2 Å². The third kappa shape index (κ3) is 4.79. The third-order valence-corrected chi connectivity index (χ3v) is 2.91. The van der Waals surface area contributed by atoms with Crippen LogP contribution in [0.25, 0.3) is 0 Å². The van der Waals surface area contributed by atoms with Crippen LogP contribution in [0, 0.1) is 10.1 Å². The van der Waals surface area contributed by atoms with Gasteiger partial charge in [0.2, 0.25) is 5.91 Å². The van der Waals surface area contributed by atoms with E-state index in [-0.39, 0.29) is 17.7 Å². The number of rotatable bonds is 7. The van der Waals surface area contributed by atoms with E-state index >= 15 is 0 Å². The SMILES string of the molecule is CC(=O)NCC(O)C(O)c1ccc(CC(=O)O)c([N+](=O)[O-])c1. The minimum Gasteiger partial charge on any atom is -0.481 e. The van der Waals surface area contributed by atoms with Gasteiger partial charge in [-0.3, -0.25) is 19.7 Å². The van der Waals surface area contributed by atoms with Crippen molar-refractivity contribution in [2.75, 3.05) is 6.54 Å². The van der Waals surface area contributed by atoms with Crippen LogP contribution >= 0.6 is 0 Å². The minimum absolute atomic E-state index is 0.00944. The first-order valence-electron chi connectivity index (χ1n) is 6.32. The Labute approximate surface area is 125 Å². The van der Waals surface area contributed by atoms with Crippen LogP contribution in [-0.4, -0.2) is 44.8 Å². The molecular formula is C13H16N2O7. The number of aliphatic hydroxyl groups is 2. The fraction of sp³-hybridized carbons (Fsp3) is 0.385. The van der Waals surface area contributed by atoms with Crippen molar-refractivity contribution in [1.29, 1.82) is 0 Å². The van der Waals surface area contributed by atoms with E-state index in [0.29, 0.717) is 0 Å². The quantitative estimate of drug-likeness (QED) is 0.400. The molecule has 0 bridgehead atoms. The van der Waals surface area contributed by atoms with Crippen molar-refractivity contribution < 1.29 is 29.8 Å². The third-order valence-electron chi connectivity index (χ3n) is 2.91. The van der Waals surface area contributed by atoms with Gasteiger partial charge in [-0.1, -0.05) is 12.1 Å². The summed E-state index contributed by atoms with van der Waals surface area (Å²) in [5.74, 6) is -1.61. The monoisotopic (exact) mass is 312 g/mol. The van der Waals surface area contributed by atoms with Crippen molar-refractivity contribution in [1.82, 2.24) is 5.32 Å². The van der Waals surface area contributed by atoms with Crippen molar-refractivity contribution >= 4 is 17.6 Å². The number of hydrogen-bond acceptors (Lipinski definition) is 6. The lowest BCUT2D eigenvalue weighted by atomic mass is 10.00. The Bertz CT molecular complexity index is 588. The Hall–Kier alpha value is -2.52. The number of aliphatic hydroxyl groups excluding tert-OH is 2. The van der Waals surface area contributed by atoms with Crippen molar-refractivity contribution in [3.63, 3.8) is 0 Å². The average molecular weight is 312 g/mol. The molecule has 9 heteroatoms. The van der Waals surface area contributed by atoms with Gasteiger partial charge in [-0.25, -0.2) is 0 Å². The lowest BCUT2D eigenvalue weighted by molar-refractivity contribution is -0.385. The molecule has 0 heterocycles. The van der Waals surface area contributed by atoms with Gasteiger partial charge >= 0.3 is 5.97 Å². The average Bonchev–Trinajstić information content (AvgIpc) is 2.43. The van der Waals surface area contributed by atoms with E-state index in [0.717, 1.165) is 6.07 Å². The molecule has 0 aliphatic rings. The fourth-order valence-corrected chi connectivity index (χ4v) is 1.83. The number of aliphatic carboxylic acids is 1. The molecule has 1 aromatic rings. The number of nitrogens with zero attached hydrogens (tertiary/aromatic N) is 1. The summed E-state index contributed by atoms with van der Waals surface area (Å²) in [6.07, 6.45) is -3.33. The van der Waals surface area contributed by atoms with E-state index in [1.54, 1.807) is 0 Å². The van der Waals surface area contributed by atoms with E-state index in [1.165, 1.54) is 19.1 Å². The van der Waals surface area contributed by atoms with Gasteiger partial charge in [0.05, 0.1) is 11.3 Å². The summed E-state index contributed by atoms with van der Waals surface area (Å²) < 4.78 is 0. The number of nitro groups is 1. The highest BCUT2D eigenvalue weighted by Gasteiger charge is 2.23. The zero-order chi connectivity index (χ0) is 16.9. The van der Waals surface area contributed by atoms with Crippen LogP contribution in [0.3, 0.4) is 0 Å². The second-order valence-corrected chi connectivity index (χ2v) is 4.67. The van der Waals surface area contributed by atoms with E-state index in [9.17, 15) is 29.9 Å². The molecule has 1 aromatic carbocycles. The summed E-state index contributed by atoms with van der Waals surface area (Å²) in [6.45, 7) is 1.02. The first-order valence-corrected chi connectivity index (χ1v) is 6.32. The maximum Gasteiger partial charge on any atom is 0.308 e. The van der Waals surface area contributed by atoms with Crippen LogP contribution in [0.1, 0.15) is 24.2 Å². The van der Waals surface area contributed by atoms with Crippen LogP contribution in [0.5, 0.6) is 0 Å². The molecule has 0 spiro atoms. The molecule has 2 atom stereocenters. The predicted octanol–water partition coefficient (Wildman–Crippen LogP) is -0.248. The fourth-order valence-electron chi connectivity index (χ4n) is 1.83. The Morgan fingerprint density at radius 1 is 1.36 bits per heavy atom. The summed E-state index contributed by atoms with van der Waals surface area (Å²) >= 11 is 0. The highest BCUT2D eigenvalue weighted by molar-refractivity contribution is 5.73. The molecule has 4 N–H and O–H groups in total. The van der Waals surface area contributed by atoms with Crippen LogP contribution < -0.4 is 5.32 Å². The number of carbonyl (C=O) groups excluding carboxylic acids is 1. The highest BCUT2D eigenvalue weighted by Crippen LogP contribution is 2.26. The molecule has 9 nitrogen and oxygen atoms in total. The van der Waals surface area contributed by atoms with Gasteiger partial charge in [0, 0.05) is 25.1 Å². The summed E-state index contributed by atoms with van der Waals surface area (Å²) in [6, 6.07) is 3.53. The van der Waals surface area contributed by atoms with Crippen molar-refractivity contribution in [3.8, 4) is 0 Å². The maximum absolute atomic E-state index is 11.0. The van der Waals surface area contributed by atoms with Crippen molar-refractivity contribution in [2.24, 2.45) is 0 Å². The molecule has 0 aliphatic carbocycles. The molecule has 1 amide bonds. The van der Waals surface area contributed by atoms with Crippen LogP contribution in [0.2, 0.25) is 0 Å². The molecule has 120 valence electrons. The molecule has 0 saturated carbocycles. The van der Waals surface area contributed by atoms with Gasteiger partial charge < -0.3 is 20.6 Å². The van der Waals surface area contributed by atoms with E-state index in [2.05, 4.69) is 5.32 Å². The van der Waals surface area contributed by atoms with E-state index < -0.39 is 41.1 Å². The number of carbonyl (C=O) groups is 2. The van der Waals surface area contributed by atoms with E-state index in [1.807, 2.05) is 0 Å². The topological polar surface area (TPSA) is 150 Å². The van der Waals surface area contributed by atoms with Crippen molar-refractivity contribution in [3.05, 3.63) is 39.4 Å². The number of nitrogens with one attached hydrogen (secondary N) is 1. The minimum atomic E-state index is -1.45. The molecule has 1 rings (SSSR count). The molecule has 22 heavy (non-hydrogen) atoms. The lowest BCUT2D eigenvalue weighted by Gasteiger charge is -2.18. The standard InChI is InChI=1S/C13H16N2O7/c1-7(16)14-6-11(17)13(20)9-3-2-8(5-12(18)19)10(4-9)15(21)22/h2-4,11,13,17,20H,5-6H2,1H3,(H,14,16)(H,18,19). The summed E-state index contributed by atoms with van der Waals surface area (Å²) in [7, 11) is 0. The second kappa shape index (κ2) is 7.48. The Balaban J connectivity index is 3.00. The van der Waals surface area contributed by atoms with Crippen molar-refractivity contribution in [2.45, 2.75) is 25.6 Å². The molecule has 0 aromatic heterocycles. The van der Waals surface area contributed by atoms with Gasteiger partial charge in [0.25, 0.3) is 5.69 Å². The summed E-state index contributed by atoms with van der Waals surface area (Å²) in [4.78, 5) is 31.6. The Morgan fingerprint density at radius 3 is 2.50 bits per heavy atom. The Kier molecular flexibility index (Phi) is 5.96. The number of carboxylic acid groups (broad SMARTS) is 1. The van der Waals surface area contributed by atoms with Gasteiger partial charge in [-0.2, -0.15) is 0 Å². The normalized spacial score (nSPS) is 13.2. The number of nitro benzene ring substituents is 1. The van der Waals surface area contributed by atoms with Crippen LogP contribution in [0.15, 0.2) is 18.2 Å². The van der Waals surface area contributed by atoms with Gasteiger partial charge in [0.15, 0.2) is 0 Å². The molecular weight excluding hydrogens is 296 g/mol. The number of amides is 1. The van der Waals surface area contributed by atoms with Crippen LogP contribution in [-0.2, 0) is 16.0 Å². The first-order chi connectivity index (χ1) is 10.2. The highest BCUT2D eigenvalue weighted by atomic mass is 16.6. The zero-order valence-electron chi connectivity index (χ0n) is 11.7. The maximum atomic E-state index is 11.0. The Morgan fingerprint density at radius 2 is 2.00 bits per heavy atom. The smallest absolute Gasteiger partial charge is 0.308 e. The molecule has 0 fully saturated rings.